The molecule has 23 heavy (non-hydrogen) atoms. The highest BCUT2D eigenvalue weighted by atomic mass is 16.5. The normalized spacial score (nSPS) is 16.9. The van der Waals surface area contributed by atoms with Crippen molar-refractivity contribution in [1.29, 1.82) is 0 Å². The molecule has 1 aliphatic rings. The van der Waals surface area contributed by atoms with Crippen LogP contribution in [0.3, 0.4) is 0 Å². The van der Waals surface area contributed by atoms with E-state index < -0.39 is 6.10 Å². The first kappa shape index (κ1) is 16.0. The van der Waals surface area contributed by atoms with Gasteiger partial charge in [0.05, 0.1) is 13.2 Å². The number of benzene rings is 2. The van der Waals surface area contributed by atoms with Gasteiger partial charge in [0.1, 0.15) is 18.5 Å². The smallest absolute Gasteiger partial charge is 0.119 e. The van der Waals surface area contributed by atoms with Gasteiger partial charge in [-0.3, -0.25) is 4.90 Å². The van der Waals surface area contributed by atoms with Crippen LogP contribution in [0.5, 0.6) is 5.75 Å². The quantitative estimate of drug-likeness (QED) is 0.889. The van der Waals surface area contributed by atoms with E-state index in [1.165, 1.54) is 0 Å². The van der Waals surface area contributed by atoms with E-state index in [0.717, 1.165) is 49.7 Å². The molecule has 1 aliphatic heterocycles. The Balaban J connectivity index is 1.50. The van der Waals surface area contributed by atoms with E-state index >= 15 is 0 Å². The second-order valence-corrected chi connectivity index (χ2v) is 5.68. The third kappa shape index (κ3) is 4.55. The van der Waals surface area contributed by atoms with Gasteiger partial charge in [-0.2, -0.15) is 0 Å². The van der Waals surface area contributed by atoms with Gasteiger partial charge >= 0.3 is 0 Å². The van der Waals surface area contributed by atoms with E-state index in [1.807, 2.05) is 54.6 Å². The molecule has 2 aromatic carbocycles. The van der Waals surface area contributed by atoms with E-state index in [4.69, 9.17) is 9.47 Å². The van der Waals surface area contributed by atoms with Crippen LogP contribution in [0.15, 0.2) is 54.6 Å². The first-order valence-electron chi connectivity index (χ1n) is 8.09. The van der Waals surface area contributed by atoms with Crippen LogP contribution in [-0.2, 0) is 4.74 Å². The molecule has 0 amide bonds. The van der Waals surface area contributed by atoms with Gasteiger partial charge in [-0.05, 0) is 23.3 Å². The van der Waals surface area contributed by atoms with Gasteiger partial charge in [-0.15, -0.1) is 0 Å². The molecular weight excluding hydrogens is 290 g/mol. The largest absolute Gasteiger partial charge is 0.492 e. The molecule has 4 nitrogen and oxygen atoms in total. The summed E-state index contributed by atoms with van der Waals surface area (Å²) in [6.07, 6.45) is -0.599. The lowest BCUT2D eigenvalue weighted by Gasteiger charge is -2.26. The molecule has 0 saturated carbocycles. The van der Waals surface area contributed by atoms with Gasteiger partial charge in [0.15, 0.2) is 0 Å². The van der Waals surface area contributed by atoms with Crippen LogP contribution >= 0.6 is 0 Å². The third-order valence-corrected chi connectivity index (χ3v) is 4.09. The van der Waals surface area contributed by atoms with Crippen molar-refractivity contribution in [2.24, 2.45) is 0 Å². The molecule has 1 fully saturated rings. The van der Waals surface area contributed by atoms with E-state index in [-0.39, 0.29) is 0 Å². The molecule has 4 heteroatoms. The molecular formula is C19H23NO3. The standard InChI is InChI=1S/C19H23NO3/c21-19(16-4-2-1-3-5-16)17-6-8-18(9-7-17)23-15-12-20-10-13-22-14-11-20/h1-9,19,21H,10-15H2. The Bertz CT molecular complexity index is 579. The third-order valence-electron chi connectivity index (χ3n) is 4.09. The van der Waals surface area contributed by atoms with Crippen LogP contribution in [0, 0.1) is 0 Å². The second-order valence-electron chi connectivity index (χ2n) is 5.68. The highest BCUT2D eigenvalue weighted by molar-refractivity contribution is 5.33. The summed E-state index contributed by atoms with van der Waals surface area (Å²) in [5.41, 5.74) is 1.77. The Labute approximate surface area is 137 Å². The minimum atomic E-state index is -0.599. The summed E-state index contributed by atoms with van der Waals surface area (Å²) in [6.45, 7) is 5.16. The predicted molar refractivity (Wildman–Crippen MR) is 89.7 cm³/mol. The summed E-state index contributed by atoms with van der Waals surface area (Å²) in [4.78, 5) is 2.34. The molecule has 0 radical (unpaired) electrons. The zero-order valence-corrected chi connectivity index (χ0v) is 13.2. The van der Waals surface area contributed by atoms with Crippen molar-refractivity contribution in [2.75, 3.05) is 39.5 Å². The highest BCUT2D eigenvalue weighted by Gasteiger charge is 2.11. The van der Waals surface area contributed by atoms with Crippen LogP contribution in [0.1, 0.15) is 17.2 Å². The number of hydrogen-bond donors (Lipinski definition) is 1. The van der Waals surface area contributed by atoms with Crippen LogP contribution in [-0.4, -0.2) is 49.5 Å². The van der Waals surface area contributed by atoms with Crippen molar-refractivity contribution >= 4 is 0 Å². The average Bonchev–Trinajstić information content (AvgIpc) is 2.63. The molecule has 1 N–H and O–H groups in total. The summed E-state index contributed by atoms with van der Waals surface area (Å²) in [7, 11) is 0. The maximum atomic E-state index is 10.4. The molecule has 122 valence electrons. The van der Waals surface area contributed by atoms with Crippen LogP contribution in [0.4, 0.5) is 0 Å². The Morgan fingerprint density at radius 3 is 2.30 bits per heavy atom. The second kappa shape index (κ2) is 8.11. The lowest BCUT2D eigenvalue weighted by atomic mass is 10.0. The van der Waals surface area contributed by atoms with Gasteiger partial charge in [-0.1, -0.05) is 42.5 Å². The molecule has 0 bridgehead atoms. The van der Waals surface area contributed by atoms with E-state index in [9.17, 15) is 5.11 Å². The first-order chi connectivity index (χ1) is 11.3. The van der Waals surface area contributed by atoms with E-state index in [0.29, 0.717) is 6.61 Å². The van der Waals surface area contributed by atoms with Gasteiger partial charge in [-0.25, -0.2) is 0 Å². The lowest BCUT2D eigenvalue weighted by molar-refractivity contribution is 0.0322. The fourth-order valence-electron chi connectivity index (χ4n) is 2.69. The minimum Gasteiger partial charge on any atom is -0.492 e. The van der Waals surface area contributed by atoms with Crippen molar-refractivity contribution in [3.05, 3.63) is 65.7 Å². The monoisotopic (exact) mass is 313 g/mol. The topological polar surface area (TPSA) is 41.9 Å². The molecule has 1 unspecified atom stereocenters. The predicted octanol–water partition coefficient (Wildman–Crippen LogP) is 2.48. The summed E-state index contributed by atoms with van der Waals surface area (Å²) in [6, 6.07) is 17.3. The van der Waals surface area contributed by atoms with Crippen LogP contribution < -0.4 is 4.74 Å². The summed E-state index contributed by atoms with van der Waals surface area (Å²) >= 11 is 0. The Hall–Kier alpha value is -1.88. The summed E-state index contributed by atoms with van der Waals surface area (Å²) in [5, 5.41) is 10.4. The molecule has 0 aliphatic carbocycles. The molecule has 3 rings (SSSR count). The van der Waals surface area contributed by atoms with Crippen molar-refractivity contribution in [3.8, 4) is 5.75 Å². The minimum absolute atomic E-state index is 0.599. The number of aliphatic hydroxyl groups is 1. The summed E-state index contributed by atoms with van der Waals surface area (Å²) in [5.74, 6) is 0.835. The molecule has 1 heterocycles. The van der Waals surface area contributed by atoms with Gasteiger partial charge < -0.3 is 14.6 Å². The number of aliphatic hydroxyl groups excluding tert-OH is 1. The fraction of sp³-hybridized carbons (Fsp3) is 0.368. The molecule has 0 spiro atoms. The van der Waals surface area contributed by atoms with E-state index in [2.05, 4.69) is 4.90 Å². The molecule has 1 atom stereocenters. The van der Waals surface area contributed by atoms with Crippen molar-refractivity contribution < 1.29 is 14.6 Å². The molecule has 1 saturated heterocycles. The zero-order chi connectivity index (χ0) is 15.9. The number of ether oxygens (including phenoxy) is 2. The SMILES string of the molecule is OC(c1ccccc1)c1ccc(OCCN2CCOCC2)cc1. The summed E-state index contributed by atoms with van der Waals surface area (Å²) < 4.78 is 11.1. The Kier molecular flexibility index (Phi) is 5.64. The van der Waals surface area contributed by atoms with Crippen LogP contribution in [0.2, 0.25) is 0 Å². The Morgan fingerprint density at radius 1 is 0.957 bits per heavy atom. The van der Waals surface area contributed by atoms with E-state index in [1.54, 1.807) is 0 Å². The number of hydrogen-bond acceptors (Lipinski definition) is 4. The van der Waals surface area contributed by atoms with Crippen molar-refractivity contribution in [3.63, 3.8) is 0 Å². The van der Waals surface area contributed by atoms with Gasteiger partial charge in [0, 0.05) is 19.6 Å². The van der Waals surface area contributed by atoms with Crippen molar-refractivity contribution in [2.45, 2.75) is 6.10 Å². The first-order valence-corrected chi connectivity index (χ1v) is 8.09. The van der Waals surface area contributed by atoms with Gasteiger partial charge in [0.2, 0.25) is 0 Å². The van der Waals surface area contributed by atoms with Crippen LogP contribution in [0.25, 0.3) is 0 Å². The molecule has 2 aromatic rings. The highest BCUT2D eigenvalue weighted by Crippen LogP contribution is 2.23. The lowest BCUT2D eigenvalue weighted by Crippen LogP contribution is -2.38. The molecule has 0 aromatic heterocycles. The maximum Gasteiger partial charge on any atom is 0.119 e. The maximum absolute atomic E-state index is 10.4. The van der Waals surface area contributed by atoms with Gasteiger partial charge in [0.25, 0.3) is 0 Å². The number of morpholine rings is 1. The zero-order valence-electron chi connectivity index (χ0n) is 13.2. The number of nitrogens with zero attached hydrogens (tertiary/aromatic N) is 1. The fourth-order valence-corrected chi connectivity index (χ4v) is 2.69. The average molecular weight is 313 g/mol. The number of rotatable bonds is 6. The van der Waals surface area contributed by atoms with Crippen molar-refractivity contribution in [1.82, 2.24) is 4.90 Å². The Morgan fingerprint density at radius 2 is 1.61 bits per heavy atom.